The maximum absolute atomic E-state index is 5.14. The quantitative estimate of drug-likeness (QED) is 0.607. The van der Waals surface area contributed by atoms with Crippen LogP contribution in [0.2, 0.25) is 0 Å². The van der Waals surface area contributed by atoms with Crippen LogP contribution in [0.4, 0.5) is 0 Å². The smallest absolute Gasteiger partial charge is 0.0477 e. The van der Waals surface area contributed by atoms with Crippen molar-refractivity contribution in [3.8, 4) is 0 Å². The monoisotopic (exact) mass is 217 g/mol. The van der Waals surface area contributed by atoms with E-state index in [-0.39, 0.29) is 0 Å². The van der Waals surface area contributed by atoms with Crippen LogP contribution in [-0.2, 0) is 9.47 Å². The molecule has 92 valence electrons. The third kappa shape index (κ3) is 7.77. The molecule has 0 aliphatic rings. The number of methoxy groups -OCH3 is 2. The minimum Gasteiger partial charge on any atom is -0.385 e. The summed E-state index contributed by atoms with van der Waals surface area (Å²) in [5, 5.41) is 3.58. The Balaban J connectivity index is 3.84. The van der Waals surface area contributed by atoms with Gasteiger partial charge in [0.05, 0.1) is 0 Å². The summed E-state index contributed by atoms with van der Waals surface area (Å²) in [4.78, 5) is 0. The van der Waals surface area contributed by atoms with Gasteiger partial charge < -0.3 is 14.8 Å². The minimum absolute atomic E-state index is 0.556. The Labute approximate surface area is 94.5 Å². The maximum atomic E-state index is 5.14. The van der Waals surface area contributed by atoms with Gasteiger partial charge in [0.15, 0.2) is 0 Å². The summed E-state index contributed by atoms with van der Waals surface area (Å²) >= 11 is 0. The highest BCUT2D eigenvalue weighted by molar-refractivity contribution is 4.73. The van der Waals surface area contributed by atoms with Gasteiger partial charge in [-0.05, 0) is 31.7 Å². The van der Waals surface area contributed by atoms with Crippen molar-refractivity contribution in [2.24, 2.45) is 5.92 Å². The summed E-state index contributed by atoms with van der Waals surface area (Å²) < 4.78 is 10.2. The number of rotatable bonds is 10. The van der Waals surface area contributed by atoms with Gasteiger partial charge in [0.1, 0.15) is 0 Å². The summed E-state index contributed by atoms with van der Waals surface area (Å²) in [6.07, 6.45) is 3.38. The maximum Gasteiger partial charge on any atom is 0.0477 e. The average Bonchev–Trinajstić information content (AvgIpc) is 2.26. The lowest BCUT2D eigenvalue weighted by Gasteiger charge is -2.24. The molecule has 0 aliphatic carbocycles. The molecule has 1 N–H and O–H groups in total. The SMILES string of the molecule is CCCNC(CCOC)C(C)CCOC. The first-order valence-corrected chi connectivity index (χ1v) is 5.97. The van der Waals surface area contributed by atoms with Crippen LogP contribution >= 0.6 is 0 Å². The molecule has 0 aromatic carbocycles. The van der Waals surface area contributed by atoms with Crippen LogP contribution in [-0.4, -0.2) is 40.0 Å². The van der Waals surface area contributed by atoms with Gasteiger partial charge in [0.25, 0.3) is 0 Å². The molecule has 0 aliphatic heterocycles. The molecule has 0 aromatic heterocycles. The zero-order chi connectivity index (χ0) is 11.5. The molecule has 2 atom stereocenters. The number of hydrogen-bond donors (Lipinski definition) is 1. The van der Waals surface area contributed by atoms with Gasteiger partial charge in [0, 0.05) is 33.5 Å². The Morgan fingerprint density at radius 1 is 1.07 bits per heavy atom. The van der Waals surface area contributed by atoms with Gasteiger partial charge in [-0.2, -0.15) is 0 Å². The van der Waals surface area contributed by atoms with Gasteiger partial charge in [0.2, 0.25) is 0 Å². The Bertz CT molecular complexity index is 123. The molecule has 0 spiro atoms. The molecule has 0 saturated carbocycles. The van der Waals surface area contributed by atoms with Crippen molar-refractivity contribution in [2.45, 2.75) is 39.2 Å². The van der Waals surface area contributed by atoms with Crippen molar-refractivity contribution in [1.29, 1.82) is 0 Å². The first-order valence-electron chi connectivity index (χ1n) is 5.97. The molecule has 0 heterocycles. The predicted molar refractivity (Wildman–Crippen MR) is 64.2 cm³/mol. The molecule has 0 fully saturated rings. The fourth-order valence-electron chi connectivity index (χ4n) is 1.67. The van der Waals surface area contributed by atoms with E-state index in [1.54, 1.807) is 14.2 Å². The molecule has 0 bridgehead atoms. The van der Waals surface area contributed by atoms with E-state index in [1.165, 1.54) is 6.42 Å². The first-order chi connectivity index (χ1) is 7.26. The van der Waals surface area contributed by atoms with E-state index in [2.05, 4.69) is 19.2 Å². The third-order valence-corrected chi connectivity index (χ3v) is 2.75. The highest BCUT2D eigenvalue weighted by Gasteiger charge is 2.15. The number of nitrogens with one attached hydrogen (secondary N) is 1. The molecular weight excluding hydrogens is 190 g/mol. The normalized spacial score (nSPS) is 15.2. The van der Waals surface area contributed by atoms with Crippen LogP contribution < -0.4 is 5.32 Å². The van der Waals surface area contributed by atoms with E-state index in [9.17, 15) is 0 Å². The van der Waals surface area contributed by atoms with E-state index in [0.717, 1.165) is 32.6 Å². The molecule has 0 radical (unpaired) electrons. The highest BCUT2D eigenvalue weighted by atomic mass is 16.5. The Hall–Kier alpha value is -0.120. The van der Waals surface area contributed by atoms with Crippen molar-refractivity contribution in [1.82, 2.24) is 5.32 Å². The van der Waals surface area contributed by atoms with Gasteiger partial charge in [-0.25, -0.2) is 0 Å². The molecule has 3 heteroatoms. The molecular formula is C12H27NO2. The lowest BCUT2D eigenvalue weighted by atomic mass is 9.96. The fourth-order valence-corrected chi connectivity index (χ4v) is 1.67. The van der Waals surface area contributed by atoms with Gasteiger partial charge in [-0.3, -0.25) is 0 Å². The summed E-state index contributed by atoms with van der Waals surface area (Å²) in [5.41, 5.74) is 0. The molecule has 0 saturated heterocycles. The van der Waals surface area contributed by atoms with Crippen LogP contribution in [0.15, 0.2) is 0 Å². The summed E-state index contributed by atoms with van der Waals surface area (Å²) in [6.45, 7) is 7.24. The molecule has 3 nitrogen and oxygen atoms in total. The third-order valence-electron chi connectivity index (χ3n) is 2.75. The Morgan fingerprint density at radius 3 is 2.20 bits per heavy atom. The predicted octanol–water partition coefficient (Wildman–Crippen LogP) is 2.06. The van der Waals surface area contributed by atoms with Crippen molar-refractivity contribution in [3.63, 3.8) is 0 Å². The molecule has 0 aromatic rings. The summed E-state index contributed by atoms with van der Waals surface area (Å²) in [7, 11) is 3.52. The van der Waals surface area contributed by atoms with E-state index >= 15 is 0 Å². The van der Waals surface area contributed by atoms with E-state index in [4.69, 9.17) is 9.47 Å². The largest absolute Gasteiger partial charge is 0.385 e. The first kappa shape index (κ1) is 14.9. The van der Waals surface area contributed by atoms with Crippen molar-refractivity contribution in [3.05, 3.63) is 0 Å². The second-order valence-corrected chi connectivity index (χ2v) is 4.10. The van der Waals surface area contributed by atoms with Crippen molar-refractivity contribution < 1.29 is 9.47 Å². The zero-order valence-electron chi connectivity index (χ0n) is 10.7. The van der Waals surface area contributed by atoms with E-state index < -0.39 is 0 Å². The molecule has 15 heavy (non-hydrogen) atoms. The topological polar surface area (TPSA) is 30.5 Å². The number of hydrogen-bond acceptors (Lipinski definition) is 3. The lowest BCUT2D eigenvalue weighted by Crippen LogP contribution is -2.37. The van der Waals surface area contributed by atoms with Crippen LogP contribution in [0.1, 0.15) is 33.1 Å². The summed E-state index contributed by atoms with van der Waals surface area (Å²) in [6, 6.07) is 0.556. The fraction of sp³-hybridized carbons (Fsp3) is 1.00. The molecule has 0 rings (SSSR count). The minimum atomic E-state index is 0.556. The average molecular weight is 217 g/mol. The van der Waals surface area contributed by atoms with Crippen molar-refractivity contribution >= 4 is 0 Å². The molecule has 0 amide bonds. The van der Waals surface area contributed by atoms with Crippen LogP contribution in [0.25, 0.3) is 0 Å². The summed E-state index contributed by atoms with van der Waals surface area (Å²) in [5.74, 6) is 0.645. The van der Waals surface area contributed by atoms with Gasteiger partial charge in [-0.15, -0.1) is 0 Å². The van der Waals surface area contributed by atoms with Crippen LogP contribution in [0, 0.1) is 5.92 Å². The lowest BCUT2D eigenvalue weighted by molar-refractivity contribution is 0.147. The van der Waals surface area contributed by atoms with Crippen LogP contribution in [0.3, 0.4) is 0 Å². The van der Waals surface area contributed by atoms with Crippen LogP contribution in [0.5, 0.6) is 0 Å². The van der Waals surface area contributed by atoms with Gasteiger partial charge >= 0.3 is 0 Å². The van der Waals surface area contributed by atoms with Crippen molar-refractivity contribution in [2.75, 3.05) is 34.0 Å². The zero-order valence-corrected chi connectivity index (χ0v) is 10.7. The standard InChI is InChI=1S/C12H27NO2/c1-5-8-13-12(7-10-15-4)11(2)6-9-14-3/h11-13H,5-10H2,1-4H3. The van der Waals surface area contributed by atoms with E-state index in [1.807, 2.05) is 0 Å². The van der Waals surface area contributed by atoms with Gasteiger partial charge in [-0.1, -0.05) is 13.8 Å². The second-order valence-electron chi connectivity index (χ2n) is 4.10. The Kier molecular flexibility index (Phi) is 10.3. The highest BCUT2D eigenvalue weighted by Crippen LogP contribution is 2.11. The Morgan fingerprint density at radius 2 is 1.67 bits per heavy atom. The second kappa shape index (κ2) is 10.4. The number of ether oxygens (including phenoxy) is 2. The molecule has 2 unspecified atom stereocenters. The van der Waals surface area contributed by atoms with E-state index in [0.29, 0.717) is 12.0 Å².